The van der Waals surface area contributed by atoms with Gasteiger partial charge in [-0.05, 0) is 43.0 Å². The van der Waals surface area contributed by atoms with Crippen molar-refractivity contribution in [1.82, 2.24) is 0 Å². The van der Waals surface area contributed by atoms with Crippen molar-refractivity contribution < 1.29 is 9.59 Å². The molecular weight excluding hydrogens is 388 g/mol. The van der Waals surface area contributed by atoms with Gasteiger partial charge in [-0.25, -0.2) is 0 Å². The topological polar surface area (TPSA) is 101 Å². The first kappa shape index (κ1) is 22.7. The monoisotopic (exact) mass is 416 g/mol. The van der Waals surface area contributed by atoms with E-state index in [1.165, 1.54) is 6.42 Å². The summed E-state index contributed by atoms with van der Waals surface area (Å²) in [7, 11) is 0. The molecule has 6 nitrogen and oxygen atoms in total. The Morgan fingerprint density at radius 2 is 1.69 bits per heavy atom. The van der Waals surface area contributed by atoms with Crippen molar-refractivity contribution in [2.24, 2.45) is 17.4 Å². The minimum Gasteiger partial charge on any atom is -0.371 e. The average molecular weight is 417 g/mol. The summed E-state index contributed by atoms with van der Waals surface area (Å²) in [4.78, 5) is 26.7. The lowest BCUT2D eigenvalue weighted by atomic mass is 9.94. The van der Waals surface area contributed by atoms with E-state index in [2.05, 4.69) is 10.2 Å². The van der Waals surface area contributed by atoms with E-state index >= 15 is 0 Å². The van der Waals surface area contributed by atoms with Gasteiger partial charge in [0.2, 0.25) is 5.91 Å². The first-order chi connectivity index (χ1) is 13.5. The molecule has 2 aromatic carbocycles. The highest BCUT2D eigenvalue weighted by Gasteiger charge is 2.23. The summed E-state index contributed by atoms with van der Waals surface area (Å²) in [6.45, 7) is 3.58. The molecule has 2 amide bonds. The fourth-order valence-corrected chi connectivity index (χ4v) is 3.60. The van der Waals surface area contributed by atoms with Crippen molar-refractivity contribution in [3.8, 4) is 0 Å². The quantitative estimate of drug-likeness (QED) is 0.670. The Hall–Kier alpha value is -2.57. The summed E-state index contributed by atoms with van der Waals surface area (Å²) in [6, 6.07) is 14.4. The number of benzene rings is 2. The Morgan fingerprint density at radius 1 is 1.03 bits per heavy atom. The Labute approximate surface area is 178 Å². The molecule has 2 aromatic rings. The van der Waals surface area contributed by atoms with Crippen LogP contribution < -0.4 is 21.7 Å². The van der Waals surface area contributed by atoms with Crippen LogP contribution in [0.3, 0.4) is 0 Å². The van der Waals surface area contributed by atoms with E-state index in [0.717, 1.165) is 37.2 Å². The van der Waals surface area contributed by atoms with Crippen LogP contribution in [-0.2, 0) is 4.79 Å². The number of carbonyl (C=O) groups is 2. The standard InChI is InChI=1S/C22H28N4O2.ClH/c1-15(20(23)16-8-4-2-5-9-16)22(28)25-17-10-11-18(21(24)27)19(14-17)26-12-6-3-7-13-26;/h2,4-5,8-11,14-15,20H,3,6-7,12-13,23H2,1H3,(H2,24,27)(H,25,28);1H. The minimum absolute atomic E-state index is 0. The number of piperidine rings is 1. The summed E-state index contributed by atoms with van der Waals surface area (Å²) in [5.41, 5.74) is 14.7. The van der Waals surface area contributed by atoms with E-state index in [1.807, 2.05) is 43.3 Å². The second-order valence-electron chi connectivity index (χ2n) is 7.36. The molecule has 1 heterocycles. The highest BCUT2D eigenvalue weighted by Crippen LogP contribution is 2.28. The number of rotatable bonds is 6. The number of hydrogen-bond donors (Lipinski definition) is 3. The SMILES string of the molecule is CC(C(=O)Nc1ccc(C(N)=O)c(N2CCCCC2)c1)C(N)c1ccccc1.Cl. The van der Waals surface area contributed by atoms with Gasteiger partial charge in [0.25, 0.3) is 5.91 Å². The number of anilines is 2. The van der Waals surface area contributed by atoms with Gasteiger partial charge < -0.3 is 21.7 Å². The predicted octanol–water partition coefficient (Wildman–Crippen LogP) is 3.47. The Balaban J connectivity index is 0.00000300. The van der Waals surface area contributed by atoms with E-state index in [-0.39, 0.29) is 18.3 Å². The fraction of sp³-hybridized carbons (Fsp3) is 0.364. The zero-order valence-electron chi connectivity index (χ0n) is 16.6. The average Bonchev–Trinajstić information content (AvgIpc) is 2.73. The maximum atomic E-state index is 12.7. The summed E-state index contributed by atoms with van der Waals surface area (Å²) >= 11 is 0. The second-order valence-corrected chi connectivity index (χ2v) is 7.36. The van der Waals surface area contributed by atoms with E-state index < -0.39 is 17.9 Å². The van der Waals surface area contributed by atoms with Crippen molar-refractivity contribution in [3.05, 3.63) is 59.7 Å². The number of nitrogens with zero attached hydrogens (tertiary/aromatic N) is 1. The van der Waals surface area contributed by atoms with Crippen LogP contribution in [0.15, 0.2) is 48.5 Å². The van der Waals surface area contributed by atoms with Crippen molar-refractivity contribution in [2.75, 3.05) is 23.3 Å². The van der Waals surface area contributed by atoms with E-state index in [4.69, 9.17) is 11.5 Å². The molecule has 0 bridgehead atoms. The molecule has 0 radical (unpaired) electrons. The molecule has 1 fully saturated rings. The molecule has 2 atom stereocenters. The fourth-order valence-electron chi connectivity index (χ4n) is 3.60. The van der Waals surface area contributed by atoms with Crippen LogP contribution in [0.1, 0.15) is 48.1 Å². The number of nitrogens with two attached hydrogens (primary N) is 2. The first-order valence-electron chi connectivity index (χ1n) is 9.77. The van der Waals surface area contributed by atoms with Gasteiger partial charge in [0.05, 0.1) is 17.2 Å². The van der Waals surface area contributed by atoms with Crippen LogP contribution in [-0.4, -0.2) is 24.9 Å². The number of primary amides is 1. The van der Waals surface area contributed by atoms with Crippen molar-refractivity contribution in [1.29, 1.82) is 0 Å². The van der Waals surface area contributed by atoms with Crippen molar-refractivity contribution in [2.45, 2.75) is 32.2 Å². The third kappa shape index (κ3) is 5.49. The number of amides is 2. The van der Waals surface area contributed by atoms with Gasteiger partial charge in [0.15, 0.2) is 0 Å². The number of nitrogens with one attached hydrogen (secondary N) is 1. The number of hydrogen-bond acceptors (Lipinski definition) is 4. The second kappa shape index (κ2) is 10.3. The normalized spacial score (nSPS) is 15.7. The lowest BCUT2D eigenvalue weighted by Crippen LogP contribution is -2.32. The first-order valence-corrected chi connectivity index (χ1v) is 9.77. The van der Waals surface area contributed by atoms with E-state index in [1.54, 1.807) is 12.1 Å². The van der Waals surface area contributed by atoms with Gasteiger partial charge in [-0.3, -0.25) is 9.59 Å². The highest BCUT2D eigenvalue weighted by molar-refractivity contribution is 6.01. The molecule has 5 N–H and O–H groups in total. The van der Waals surface area contributed by atoms with Gasteiger partial charge in [0.1, 0.15) is 0 Å². The minimum atomic E-state index is -0.460. The Morgan fingerprint density at radius 3 is 2.31 bits per heavy atom. The molecule has 1 aliphatic rings. The molecule has 0 saturated carbocycles. The molecule has 3 rings (SSSR count). The molecule has 29 heavy (non-hydrogen) atoms. The molecular formula is C22H29ClN4O2. The van der Waals surface area contributed by atoms with Crippen molar-refractivity contribution >= 4 is 35.6 Å². The predicted molar refractivity (Wildman–Crippen MR) is 119 cm³/mol. The molecule has 0 aromatic heterocycles. The van der Waals surface area contributed by atoms with Crippen LogP contribution in [0.4, 0.5) is 11.4 Å². The van der Waals surface area contributed by atoms with Crippen LogP contribution in [0.5, 0.6) is 0 Å². The van der Waals surface area contributed by atoms with Crippen LogP contribution in [0.25, 0.3) is 0 Å². The Kier molecular flexibility index (Phi) is 8.05. The molecule has 7 heteroatoms. The van der Waals surface area contributed by atoms with Crippen LogP contribution in [0, 0.1) is 5.92 Å². The van der Waals surface area contributed by atoms with Crippen LogP contribution >= 0.6 is 12.4 Å². The molecule has 156 valence electrons. The lowest BCUT2D eigenvalue weighted by Gasteiger charge is -2.30. The van der Waals surface area contributed by atoms with Gasteiger partial charge in [-0.15, -0.1) is 12.4 Å². The molecule has 1 aliphatic heterocycles. The molecule has 2 unspecified atom stereocenters. The third-order valence-electron chi connectivity index (χ3n) is 5.36. The zero-order chi connectivity index (χ0) is 20.1. The number of halogens is 1. The van der Waals surface area contributed by atoms with Gasteiger partial charge >= 0.3 is 0 Å². The van der Waals surface area contributed by atoms with Gasteiger partial charge in [-0.1, -0.05) is 37.3 Å². The van der Waals surface area contributed by atoms with Crippen molar-refractivity contribution in [3.63, 3.8) is 0 Å². The summed E-state index contributed by atoms with van der Waals surface area (Å²) < 4.78 is 0. The van der Waals surface area contributed by atoms with Crippen LogP contribution in [0.2, 0.25) is 0 Å². The lowest BCUT2D eigenvalue weighted by molar-refractivity contribution is -0.120. The summed E-state index contributed by atoms with van der Waals surface area (Å²) in [6.07, 6.45) is 3.35. The maximum absolute atomic E-state index is 12.7. The largest absolute Gasteiger partial charge is 0.371 e. The maximum Gasteiger partial charge on any atom is 0.250 e. The smallest absolute Gasteiger partial charge is 0.250 e. The van der Waals surface area contributed by atoms with Gasteiger partial charge in [-0.2, -0.15) is 0 Å². The molecule has 0 spiro atoms. The van der Waals surface area contributed by atoms with E-state index in [0.29, 0.717) is 11.3 Å². The summed E-state index contributed by atoms with van der Waals surface area (Å²) in [5.74, 6) is -1.03. The van der Waals surface area contributed by atoms with Gasteiger partial charge in [0, 0.05) is 24.8 Å². The van der Waals surface area contributed by atoms with E-state index in [9.17, 15) is 9.59 Å². The summed E-state index contributed by atoms with van der Waals surface area (Å²) in [5, 5.41) is 2.94. The zero-order valence-corrected chi connectivity index (χ0v) is 17.5. The third-order valence-corrected chi connectivity index (χ3v) is 5.36. The highest BCUT2D eigenvalue weighted by atomic mass is 35.5. The Bertz CT molecular complexity index is 838. The molecule has 0 aliphatic carbocycles. The number of carbonyl (C=O) groups excluding carboxylic acids is 2. The molecule has 1 saturated heterocycles.